The van der Waals surface area contributed by atoms with Gasteiger partial charge < -0.3 is 10.6 Å². The van der Waals surface area contributed by atoms with Crippen LogP contribution in [-0.2, 0) is 4.79 Å². The quantitative estimate of drug-likeness (QED) is 0.548. The number of benzene rings is 2. The minimum Gasteiger partial charge on any atom is -0.343 e. The van der Waals surface area contributed by atoms with Crippen LogP contribution in [0.2, 0.25) is 0 Å². The number of hydrogen-bond acceptors (Lipinski definition) is 4. The smallest absolute Gasteiger partial charge is 0.272 e. The number of anilines is 1. The summed E-state index contributed by atoms with van der Waals surface area (Å²) < 4.78 is 13.3. The molecule has 0 aliphatic rings. The van der Waals surface area contributed by atoms with Gasteiger partial charge in [-0.1, -0.05) is 12.1 Å². The normalized spacial score (nSPS) is 10.6. The summed E-state index contributed by atoms with van der Waals surface area (Å²) in [7, 11) is 0. The highest BCUT2D eigenvalue weighted by Gasteiger charge is 2.14. The predicted molar refractivity (Wildman–Crippen MR) is 97.3 cm³/mol. The summed E-state index contributed by atoms with van der Waals surface area (Å²) >= 11 is 0. The van der Waals surface area contributed by atoms with Crippen LogP contribution in [0, 0.1) is 12.7 Å². The lowest BCUT2D eigenvalue weighted by molar-refractivity contribution is -0.115. The van der Waals surface area contributed by atoms with Crippen molar-refractivity contribution in [3.63, 3.8) is 0 Å². The van der Waals surface area contributed by atoms with Crippen molar-refractivity contribution in [1.29, 1.82) is 0 Å². The van der Waals surface area contributed by atoms with E-state index in [0.717, 1.165) is 6.07 Å². The van der Waals surface area contributed by atoms with Gasteiger partial charge in [0.25, 0.3) is 17.0 Å². The van der Waals surface area contributed by atoms with E-state index in [1.807, 2.05) is 0 Å². The second kappa shape index (κ2) is 7.24. The van der Waals surface area contributed by atoms with E-state index >= 15 is 0 Å². The van der Waals surface area contributed by atoms with Crippen LogP contribution in [0.15, 0.2) is 46.0 Å². The molecule has 0 aliphatic heterocycles. The lowest BCUT2D eigenvalue weighted by Gasteiger charge is -2.10. The zero-order chi connectivity index (χ0) is 19.6. The van der Waals surface area contributed by atoms with Gasteiger partial charge in [0.15, 0.2) is 0 Å². The number of aryl methyl sites for hydroxylation is 1. The zero-order valence-electron chi connectivity index (χ0n) is 14.2. The predicted octanol–water partition coefficient (Wildman–Crippen LogP) is 1.03. The van der Waals surface area contributed by atoms with Crippen molar-refractivity contribution in [2.24, 2.45) is 0 Å². The molecule has 0 unspecified atom stereocenters. The van der Waals surface area contributed by atoms with Gasteiger partial charge in [-0.2, -0.15) is 0 Å². The summed E-state index contributed by atoms with van der Waals surface area (Å²) in [5.41, 5.74) is -0.249. The largest absolute Gasteiger partial charge is 0.343 e. The fourth-order valence-corrected chi connectivity index (χ4v) is 2.62. The number of nitrogens with one attached hydrogen (secondary N) is 4. The van der Waals surface area contributed by atoms with E-state index in [-0.39, 0.29) is 22.0 Å². The molecule has 0 radical (unpaired) electrons. The Hall–Kier alpha value is -3.75. The number of amides is 2. The number of fused-ring (bicyclic) bond motifs is 1. The van der Waals surface area contributed by atoms with Gasteiger partial charge in [0.2, 0.25) is 5.91 Å². The first-order valence-corrected chi connectivity index (χ1v) is 7.94. The topological polar surface area (TPSA) is 124 Å². The molecule has 0 saturated carbocycles. The molecule has 138 valence electrons. The average molecular weight is 370 g/mol. The van der Waals surface area contributed by atoms with Crippen molar-refractivity contribution >= 4 is 28.3 Å². The number of aromatic nitrogens is 2. The lowest BCUT2D eigenvalue weighted by atomic mass is 10.1. The molecule has 2 amide bonds. The molecule has 1 aromatic heterocycles. The Balaban J connectivity index is 1.75. The van der Waals surface area contributed by atoms with E-state index in [4.69, 9.17) is 0 Å². The highest BCUT2D eigenvalue weighted by molar-refractivity contribution is 6.04. The van der Waals surface area contributed by atoms with Crippen LogP contribution < -0.4 is 21.8 Å². The van der Waals surface area contributed by atoms with E-state index in [1.165, 1.54) is 30.3 Å². The molecule has 0 aliphatic carbocycles. The zero-order valence-corrected chi connectivity index (χ0v) is 14.2. The summed E-state index contributed by atoms with van der Waals surface area (Å²) in [5, 5.41) is 9.41. The first-order chi connectivity index (χ1) is 12.9. The van der Waals surface area contributed by atoms with Gasteiger partial charge in [0, 0.05) is 5.56 Å². The van der Waals surface area contributed by atoms with Crippen LogP contribution in [0.4, 0.5) is 10.1 Å². The maximum atomic E-state index is 13.3. The molecule has 1 heterocycles. The maximum absolute atomic E-state index is 13.3. The molecule has 0 bridgehead atoms. The number of H-pyrrole nitrogens is 2. The molecule has 0 saturated heterocycles. The van der Waals surface area contributed by atoms with Gasteiger partial charge in [-0.05, 0) is 36.8 Å². The van der Waals surface area contributed by atoms with Crippen LogP contribution in [0.3, 0.4) is 0 Å². The number of carbonyl (C=O) groups excluding carboxylic acids is 2. The molecule has 27 heavy (non-hydrogen) atoms. The first-order valence-electron chi connectivity index (χ1n) is 7.94. The Morgan fingerprint density at radius 1 is 1.07 bits per heavy atom. The minimum absolute atomic E-state index is 0.0295. The fourth-order valence-electron chi connectivity index (χ4n) is 2.62. The molecule has 8 nitrogen and oxygen atoms in total. The monoisotopic (exact) mass is 370 g/mol. The third kappa shape index (κ3) is 3.76. The average Bonchev–Trinajstić information content (AvgIpc) is 2.65. The summed E-state index contributed by atoms with van der Waals surface area (Å²) in [4.78, 5) is 48.0. The van der Waals surface area contributed by atoms with Gasteiger partial charge >= 0.3 is 0 Å². The Morgan fingerprint density at radius 3 is 2.59 bits per heavy atom. The van der Waals surface area contributed by atoms with Crippen molar-refractivity contribution in [2.45, 2.75) is 6.92 Å². The van der Waals surface area contributed by atoms with Crippen LogP contribution >= 0.6 is 0 Å². The van der Waals surface area contributed by atoms with Crippen molar-refractivity contribution in [3.8, 4) is 0 Å². The Bertz CT molecular complexity index is 1170. The second-order valence-corrected chi connectivity index (χ2v) is 5.83. The summed E-state index contributed by atoms with van der Waals surface area (Å²) in [6.07, 6.45) is 0. The third-order valence-corrected chi connectivity index (χ3v) is 3.95. The molecule has 0 fully saturated rings. The van der Waals surface area contributed by atoms with Crippen molar-refractivity contribution < 1.29 is 14.0 Å². The van der Waals surface area contributed by atoms with Gasteiger partial charge in [-0.25, -0.2) is 4.39 Å². The van der Waals surface area contributed by atoms with Crippen molar-refractivity contribution in [1.82, 2.24) is 15.5 Å². The first kappa shape index (κ1) is 18.1. The Kier molecular flexibility index (Phi) is 4.84. The molecular formula is C18H15FN4O4. The van der Waals surface area contributed by atoms with Crippen molar-refractivity contribution in [2.75, 3.05) is 11.9 Å². The van der Waals surface area contributed by atoms with Crippen LogP contribution in [0.5, 0.6) is 0 Å². The van der Waals surface area contributed by atoms with Crippen LogP contribution in [0.1, 0.15) is 15.9 Å². The van der Waals surface area contributed by atoms with Crippen LogP contribution in [-0.4, -0.2) is 28.6 Å². The number of halogens is 1. The Labute approximate surface area is 151 Å². The summed E-state index contributed by atoms with van der Waals surface area (Å²) in [6.45, 7) is 1.25. The van der Waals surface area contributed by atoms with E-state index in [9.17, 15) is 23.6 Å². The SMILES string of the molecule is Cc1ccc(F)cc1C(=O)NCC(=O)Nc1cccc2c(=O)[nH][nH]c(=O)c12. The van der Waals surface area contributed by atoms with Gasteiger partial charge in [-0.3, -0.25) is 29.4 Å². The fraction of sp³-hybridized carbons (Fsp3) is 0.111. The molecule has 3 aromatic rings. The molecule has 9 heteroatoms. The standard InChI is InChI=1S/C18H15FN4O4/c1-9-5-6-10(19)7-12(9)16(25)20-8-14(24)21-13-4-2-3-11-15(13)18(27)23-22-17(11)26/h2-7H,8H2,1H3,(H,20,25)(H,21,24)(H,22,26)(H,23,27). The van der Waals surface area contributed by atoms with E-state index in [2.05, 4.69) is 20.8 Å². The highest BCUT2D eigenvalue weighted by atomic mass is 19.1. The Morgan fingerprint density at radius 2 is 1.81 bits per heavy atom. The molecular weight excluding hydrogens is 355 g/mol. The molecule has 0 spiro atoms. The number of hydrogen-bond donors (Lipinski definition) is 4. The number of rotatable bonds is 4. The minimum atomic E-state index is -0.607. The van der Waals surface area contributed by atoms with E-state index in [1.54, 1.807) is 6.92 Å². The third-order valence-electron chi connectivity index (χ3n) is 3.95. The molecule has 3 rings (SSSR count). The van der Waals surface area contributed by atoms with Crippen molar-refractivity contribution in [3.05, 3.63) is 74.0 Å². The molecule has 2 aromatic carbocycles. The lowest BCUT2D eigenvalue weighted by Crippen LogP contribution is -2.33. The maximum Gasteiger partial charge on any atom is 0.272 e. The second-order valence-electron chi connectivity index (χ2n) is 5.83. The molecule has 0 atom stereocenters. The van der Waals surface area contributed by atoms with Gasteiger partial charge in [0.05, 0.1) is 23.0 Å². The van der Waals surface area contributed by atoms with E-state index < -0.39 is 35.3 Å². The van der Waals surface area contributed by atoms with Gasteiger partial charge in [-0.15, -0.1) is 0 Å². The summed E-state index contributed by atoms with van der Waals surface area (Å²) in [5.74, 6) is -1.77. The van der Waals surface area contributed by atoms with Crippen LogP contribution in [0.25, 0.3) is 10.8 Å². The highest BCUT2D eigenvalue weighted by Crippen LogP contribution is 2.16. The number of carbonyl (C=O) groups is 2. The summed E-state index contributed by atoms with van der Waals surface area (Å²) in [6, 6.07) is 8.21. The van der Waals surface area contributed by atoms with E-state index in [0.29, 0.717) is 5.56 Å². The molecule has 4 N–H and O–H groups in total. The van der Waals surface area contributed by atoms with Gasteiger partial charge in [0.1, 0.15) is 5.82 Å². The number of aromatic amines is 2.